The van der Waals surface area contributed by atoms with Crippen molar-refractivity contribution in [3.05, 3.63) is 86.1 Å². The molecule has 0 aliphatic carbocycles. The van der Waals surface area contributed by atoms with Crippen molar-refractivity contribution in [1.29, 1.82) is 0 Å². The first-order valence-corrected chi connectivity index (χ1v) is 9.99. The SMILES string of the molecule is O=C(OCC#Cc1cn[nH]c1COC(=O)c1ccccc1Br)c1ccccc1Br. The van der Waals surface area contributed by atoms with Gasteiger partial charge in [0, 0.05) is 8.95 Å². The van der Waals surface area contributed by atoms with Crippen LogP contribution in [0.3, 0.4) is 0 Å². The van der Waals surface area contributed by atoms with Gasteiger partial charge in [-0.2, -0.15) is 5.10 Å². The Hall–Kier alpha value is -2.89. The minimum Gasteiger partial charge on any atom is -0.456 e. The fourth-order valence-corrected chi connectivity index (χ4v) is 3.20. The van der Waals surface area contributed by atoms with Crippen molar-refractivity contribution in [2.45, 2.75) is 6.61 Å². The lowest BCUT2D eigenvalue weighted by atomic mass is 10.2. The van der Waals surface area contributed by atoms with Crippen LogP contribution in [0.1, 0.15) is 32.0 Å². The molecule has 8 heteroatoms. The van der Waals surface area contributed by atoms with Crippen molar-refractivity contribution in [3.8, 4) is 11.8 Å². The third-order valence-corrected chi connectivity index (χ3v) is 5.13. The molecule has 0 saturated carbocycles. The van der Waals surface area contributed by atoms with E-state index in [4.69, 9.17) is 9.47 Å². The van der Waals surface area contributed by atoms with Gasteiger partial charge in [-0.15, -0.1) is 0 Å². The Bertz CT molecular complexity index is 1100. The lowest BCUT2D eigenvalue weighted by Gasteiger charge is -2.05. The van der Waals surface area contributed by atoms with Gasteiger partial charge in [0.25, 0.3) is 0 Å². The molecule has 1 N–H and O–H groups in total. The second-order valence-corrected chi connectivity index (χ2v) is 7.38. The molecule has 0 spiro atoms. The van der Waals surface area contributed by atoms with Crippen molar-refractivity contribution in [3.63, 3.8) is 0 Å². The van der Waals surface area contributed by atoms with E-state index < -0.39 is 11.9 Å². The van der Waals surface area contributed by atoms with Gasteiger partial charge >= 0.3 is 11.9 Å². The average Bonchev–Trinajstić information content (AvgIpc) is 3.17. The molecule has 29 heavy (non-hydrogen) atoms. The van der Waals surface area contributed by atoms with Gasteiger partial charge in [0.15, 0.2) is 6.61 Å². The molecule has 0 atom stereocenters. The second kappa shape index (κ2) is 10.0. The summed E-state index contributed by atoms with van der Waals surface area (Å²) in [5.74, 6) is 4.68. The maximum absolute atomic E-state index is 12.2. The zero-order valence-electron chi connectivity index (χ0n) is 14.9. The molecular weight excluding hydrogens is 504 g/mol. The summed E-state index contributed by atoms with van der Waals surface area (Å²) >= 11 is 6.62. The number of esters is 2. The lowest BCUT2D eigenvalue weighted by molar-refractivity contribution is 0.0465. The number of hydrogen-bond acceptors (Lipinski definition) is 5. The molecule has 0 saturated heterocycles. The molecule has 146 valence electrons. The topological polar surface area (TPSA) is 81.3 Å². The molecule has 6 nitrogen and oxygen atoms in total. The summed E-state index contributed by atoms with van der Waals surface area (Å²) in [5, 5.41) is 6.68. The van der Waals surface area contributed by atoms with Crippen molar-refractivity contribution < 1.29 is 19.1 Å². The van der Waals surface area contributed by atoms with Crippen molar-refractivity contribution >= 4 is 43.8 Å². The summed E-state index contributed by atoms with van der Waals surface area (Å²) in [6.45, 7) is -0.0948. The monoisotopic (exact) mass is 516 g/mol. The number of hydrogen-bond donors (Lipinski definition) is 1. The van der Waals surface area contributed by atoms with E-state index in [1.807, 2.05) is 12.1 Å². The van der Waals surface area contributed by atoms with Crippen LogP contribution in [0.25, 0.3) is 0 Å². The van der Waals surface area contributed by atoms with Gasteiger partial charge in [-0.25, -0.2) is 9.59 Å². The summed E-state index contributed by atoms with van der Waals surface area (Å²) in [4.78, 5) is 24.2. The number of rotatable bonds is 5. The van der Waals surface area contributed by atoms with Gasteiger partial charge < -0.3 is 9.47 Å². The largest absolute Gasteiger partial charge is 0.456 e. The Labute approximate surface area is 183 Å². The van der Waals surface area contributed by atoms with Crippen molar-refractivity contribution in [2.24, 2.45) is 0 Å². The standard InChI is InChI=1S/C21H14Br2N2O4/c22-17-9-3-1-7-15(17)20(26)28-11-5-6-14-12-24-25-19(14)13-29-21(27)16-8-2-4-10-18(16)23/h1-4,7-10,12H,11,13H2,(H,24,25). The number of H-pyrrole nitrogens is 1. The predicted molar refractivity (Wildman–Crippen MR) is 113 cm³/mol. The maximum atomic E-state index is 12.2. The molecule has 0 aliphatic rings. The Morgan fingerprint density at radius 1 is 0.931 bits per heavy atom. The number of ether oxygens (including phenoxy) is 2. The molecule has 0 amide bonds. The minimum absolute atomic E-state index is 0.0130. The van der Waals surface area contributed by atoms with Crippen LogP contribution in [0.5, 0.6) is 0 Å². The van der Waals surface area contributed by atoms with Crippen LogP contribution in [0, 0.1) is 11.8 Å². The Morgan fingerprint density at radius 3 is 2.14 bits per heavy atom. The number of nitrogens with zero attached hydrogens (tertiary/aromatic N) is 1. The molecule has 0 unspecified atom stereocenters. The molecular formula is C21H14Br2N2O4. The summed E-state index contributed by atoms with van der Waals surface area (Å²) in [6, 6.07) is 14.0. The van der Waals surface area contributed by atoms with E-state index in [2.05, 4.69) is 53.9 Å². The highest BCUT2D eigenvalue weighted by atomic mass is 79.9. The quantitative estimate of drug-likeness (QED) is 0.398. The minimum atomic E-state index is -0.471. The van der Waals surface area contributed by atoms with Crippen LogP contribution in [0.2, 0.25) is 0 Å². The summed E-state index contributed by atoms with van der Waals surface area (Å²) in [7, 11) is 0. The Morgan fingerprint density at radius 2 is 1.52 bits per heavy atom. The number of aromatic nitrogens is 2. The van der Waals surface area contributed by atoms with Crippen LogP contribution in [-0.2, 0) is 16.1 Å². The van der Waals surface area contributed by atoms with E-state index in [0.29, 0.717) is 31.3 Å². The van der Waals surface area contributed by atoms with E-state index in [-0.39, 0.29) is 13.2 Å². The van der Waals surface area contributed by atoms with Gasteiger partial charge in [-0.05, 0) is 56.1 Å². The van der Waals surface area contributed by atoms with Crippen LogP contribution >= 0.6 is 31.9 Å². The summed E-state index contributed by atoms with van der Waals surface area (Å²) < 4.78 is 11.8. The molecule has 1 heterocycles. The molecule has 0 radical (unpaired) electrons. The fraction of sp³-hybridized carbons (Fsp3) is 0.0952. The van der Waals surface area contributed by atoms with Crippen LogP contribution in [0.15, 0.2) is 63.7 Å². The predicted octanol–water partition coefficient (Wildman–Crippen LogP) is 4.50. The van der Waals surface area contributed by atoms with Crippen molar-refractivity contribution in [1.82, 2.24) is 10.2 Å². The van der Waals surface area contributed by atoms with Crippen LogP contribution in [0.4, 0.5) is 0 Å². The zero-order valence-corrected chi connectivity index (χ0v) is 18.1. The average molecular weight is 518 g/mol. The van der Waals surface area contributed by atoms with Crippen molar-refractivity contribution in [2.75, 3.05) is 6.61 Å². The summed E-state index contributed by atoms with van der Waals surface area (Å²) in [5.41, 5.74) is 1.97. The number of benzene rings is 2. The van der Waals surface area contributed by atoms with E-state index >= 15 is 0 Å². The van der Waals surface area contributed by atoms with E-state index in [0.717, 1.165) is 0 Å². The summed E-state index contributed by atoms with van der Waals surface area (Å²) in [6.07, 6.45) is 1.52. The first kappa shape index (κ1) is 20.8. The van der Waals surface area contributed by atoms with Gasteiger partial charge in [0.1, 0.15) is 6.61 Å². The molecule has 0 fully saturated rings. The van der Waals surface area contributed by atoms with Gasteiger partial charge in [-0.1, -0.05) is 36.1 Å². The van der Waals surface area contributed by atoms with E-state index in [9.17, 15) is 9.59 Å². The number of carbonyl (C=O) groups is 2. The molecule has 0 bridgehead atoms. The first-order valence-electron chi connectivity index (χ1n) is 8.40. The first-order chi connectivity index (χ1) is 14.1. The van der Waals surface area contributed by atoms with E-state index in [1.54, 1.807) is 36.4 Å². The Balaban J connectivity index is 1.56. The normalized spacial score (nSPS) is 10.0. The number of carbonyl (C=O) groups excluding carboxylic acids is 2. The lowest BCUT2D eigenvalue weighted by Crippen LogP contribution is -2.07. The maximum Gasteiger partial charge on any atom is 0.340 e. The number of nitrogens with one attached hydrogen (secondary N) is 1. The van der Waals surface area contributed by atoms with Crippen LogP contribution < -0.4 is 0 Å². The highest BCUT2D eigenvalue weighted by molar-refractivity contribution is 9.10. The highest BCUT2D eigenvalue weighted by Crippen LogP contribution is 2.18. The number of aromatic amines is 1. The molecule has 2 aromatic carbocycles. The van der Waals surface area contributed by atoms with Gasteiger partial charge in [-0.3, -0.25) is 5.10 Å². The second-order valence-electron chi connectivity index (χ2n) is 5.68. The zero-order chi connectivity index (χ0) is 20.6. The third kappa shape index (κ3) is 5.56. The molecule has 3 aromatic rings. The van der Waals surface area contributed by atoms with E-state index in [1.165, 1.54) is 6.20 Å². The Kier molecular flexibility index (Phi) is 7.22. The smallest absolute Gasteiger partial charge is 0.340 e. The molecule has 1 aromatic heterocycles. The molecule has 0 aliphatic heterocycles. The third-order valence-electron chi connectivity index (χ3n) is 3.75. The van der Waals surface area contributed by atoms with Gasteiger partial charge in [0.05, 0.1) is 28.6 Å². The highest BCUT2D eigenvalue weighted by Gasteiger charge is 2.13. The fourth-order valence-electron chi connectivity index (χ4n) is 2.31. The molecule has 3 rings (SSSR count). The van der Waals surface area contributed by atoms with Gasteiger partial charge in [0.2, 0.25) is 0 Å². The number of halogens is 2. The van der Waals surface area contributed by atoms with Crippen LogP contribution in [-0.4, -0.2) is 28.7 Å².